The molecule has 1 unspecified atom stereocenters. The Morgan fingerprint density at radius 2 is 1.75 bits per heavy atom. The molecule has 0 amide bonds. The molecule has 2 aromatic rings. The van der Waals surface area contributed by atoms with Crippen molar-refractivity contribution in [3.63, 3.8) is 0 Å². The molecule has 84 valence electrons. The van der Waals surface area contributed by atoms with Gasteiger partial charge in [0.25, 0.3) is 0 Å². The Balaban J connectivity index is 2.44. The van der Waals surface area contributed by atoms with Gasteiger partial charge >= 0.3 is 0 Å². The topological polar surface area (TPSA) is 33.4 Å². The van der Waals surface area contributed by atoms with E-state index in [1.165, 1.54) is 18.4 Å². The average Bonchev–Trinajstić information content (AvgIpc) is 2.75. The molecule has 1 atom stereocenters. The number of halogens is 3. The van der Waals surface area contributed by atoms with Gasteiger partial charge in [-0.25, -0.2) is 13.2 Å². The summed E-state index contributed by atoms with van der Waals surface area (Å²) in [4.78, 5) is 0. The first kappa shape index (κ1) is 10.8. The van der Waals surface area contributed by atoms with Crippen molar-refractivity contribution in [1.82, 2.24) is 0 Å². The zero-order valence-corrected chi connectivity index (χ0v) is 7.95. The maximum Gasteiger partial charge on any atom is 0.161 e. The van der Waals surface area contributed by atoms with Crippen molar-refractivity contribution in [1.29, 1.82) is 0 Å². The smallest absolute Gasteiger partial charge is 0.161 e. The Labute approximate surface area is 88.9 Å². The van der Waals surface area contributed by atoms with Crippen molar-refractivity contribution in [3.05, 3.63) is 59.3 Å². The maximum atomic E-state index is 13.3. The molecule has 2 rings (SSSR count). The third-order valence-corrected chi connectivity index (χ3v) is 2.15. The molecular formula is C11H7F3O2. The van der Waals surface area contributed by atoms with Gasteiger partial charge in [-0.1, -0.05) is 0 Å². The van der Waals surface area contributed by atoms with Gasteiger partial charge in [0.05, 0.1) is 6.26 Å². The van der Waals surface area contributed by atoms with Crippen LogP contribution in [0.2, 0.25) is 0 Å². The van der Waals surface area contributed by atoms with Crippen LogP contribution >= 0.6 is 0 Å². The minimum absolute atomic E-state index is 0.0601. The standard InChI is InChI=1S/C11H7F3O2/c12-7-5-9(14)8(13)4-6(7)11(15)10-2-1-3-16-10/h1-5,11,15H. The molecule has 0 saturated carbocycles. The number of hydrogen-bond acceptors (Lipinski definition) is 2. The van der Waals surface area contributed by atoms with Gasteiger partial charge < -0.3 is 9.52 Å². The van der Waals surface area contributed by atoms with E-state index in [9.17, 15) is 18.3 Å². The summed E-state index contributed by atoms with van der Waals surface area (Å²) in [6.07, 6.45) is -0.166. The van der Waals surface area contributed by atoms with E-state index < -0.39 is 23.6 Å². The lowest BCUT2D eigenvalue weighted by Crippen LogP contribution is -2.03. The second-order valence-corrected chi connectivity index (χ2v) is 3.21. The van der Waals surface area contributed by atoms with Crippen LogP contribution in [0.4, 0.5) is 13.2 Å². The van der Waals surface area contributed by atoms with Gasteiger partial charge in [-0.2, -0.15) is 0 Å². The Hall–Kier alpha value is -1.75. The molecule has 0 aliphatic carbocycles. The van der Waals surface area contributed by atoms with Gasteiger partial charge in [0.15, 0.2) is 11.6 Å². The quantitative estimate of drug-likeness (QED) is 0.802. The van der Waals surface area contributed by atoms with E-state index in [1.54, 1.807) is 0 Å². The molecule has 0 aliphatic rings. The van der Waals surface area contributed by atoms with Crippen molar-refractivity contribution in [2.75, 3.05) is 0 Å². The summed E-state index contributed by atoms with van der Waals surface area (Å²) in [5.41, 5.74) is -0.367. The molecule has 16 heavy (non-hydrogen) atoms. The molecule has 0 spiro atoms. The van der Waals surface area contributed by atoms with E-state index in [1.807, 2.05) is 0 Å². The molecule has 0 saturated heterocycles. The van der Waals surface area contributed by atoms with Gasteiger partial charge in [-0.3, -0.25) is 0 Å². The molecule has 0 bridgehead atoms. The Kier molecular flexibility index (Phi) is 2.70. The molecule has 0 radical (unpaired) electrons. The molecule has 1 aromatic carbocycles. The summed E-state index contributed by atoms with van der Waals surface area (Å²) >= 11 is 0. The fraction of sp³-hybridized carbons (Fsp3) is 0.0909. The van der Waals surface area contributed by atoms with Gasteiger partial charge in [0.1, 0.15) is 17.7 Å². The Morgan fingerprint density at radius 3 is 2.38 bits per heavy atom. The van der Waals surface area contributed by atoms with Crippen LogP contribution < -0.4 is 0 Å². The van der Waals surface area contributed by atoms with Crippen molar-refractivity contribution in [3.8, 4) is 0 Å². The Morgan fingerprint density at radius 1 is 1.06 bits per heavy atom. The number of hydrogen-bond donors (Lipinski definition) is 1. The van der Waals surface area contributed by atoms with Crippen LogP contribution in [0.1, 0.15) is 17.4 Å². The highest BCUT2D eigenvalue weighted by Crippen LogP contribution is 2.26. The van der Waals surface area contributed by atoms with Crippen molar-refractivity contribution < 1.29 is 22.7 Å². The van der Waals surface area contributed by atoms with Crippen molar-refractivity contribution >= 4 is 0 Å². The first-order valence-electron chi connectivity index (χ1n) is 4.45. The normalized spacial score (nSPS) is 12.8. The summed E-state index contributed by atoms with van der Waals surface area (Å²) < 4.78 is 43.6. The summed E-state index contributed by atoms with van der Waals surface area (Å²) in [6, 6.07) is 3.90. The molecule has 0 fully saturated rings. The molecule has 0 aliphatic heterocycles. The van der Waals surface area contributed by atoms with Crippen molar-refractivity contribution in [2.45, 2.75) is 6.10 Å². The molecular weight excluding hydrogens is 221 g/mol. The van der Waals surface area contributed by atoms with E-state index in [2.05, 4.69) is 0 Å². The van der Waals surface area contributed by atoms with E-state index >= 15 is 0 Å². The first-order chi connectivity index (χ1) is 7.59. The number of furan rings is 1. The largest absolute Gasteiger partial charge is 0.466 e. The maximum absolute atomic E-state index is 13.3. The summed E-state index contributed by atoms with van der Waals surface area (Å²) in [5, 5.41) is 9.65. The third-order valence-electron chi connectivity index (χ3n) is 2.15. The highest BCUT2D eigenvalue weighted by atomic mass is 19.2. The van der Waals surface area contributed by atoms with Crippen LogP contribution in [0.5, 0.6) is 0 Å². The molecule has 1 aromatic heterocycles. The fourth-order valence-electron chi connectivity index (χ4n) is 1.35. The highest BCUT2D eigenvalue weighted by Gasteiger charge is 2.20. The second-order valence-electron chi connectivity index (χ2n) is 3.21. The molecule has 1 heterocycles. The number of benzene rings is 1. The fourth-order valence-corrected chi connectivity index (χ4v) is 1.35. The number of rotatable bonds is 2. The summed E-state index contributed by atoms with van der Waals surface area (Å²) in [6.45, 7) is 0. The van der Waals surface area contributed by atoms with E-state index in [0.717, 1.165) is 0 Å². The monoisotopic (exact) mass is 228 g/mol. The second kappa shape index (κ2) is 4.02. The van der Waals surface area contributed by atoms with E-state index in [-0.39, 0.29) is 11.3 Å². The molecule has 2 nitrogen and oxygen atoms in total. The number of aliphatic hydroxyl groups excluding tert-OH is 1. The minimum Gasteiger partial charge on any atom is -0.466 e. The highest BCUT2D eigenvalue weighted by molar-refractivity contribution is 5.27. The van der Waals surface area contributed by atoms with Crippen molar-refractivity contribution in [2.24, 2.45) is 0 Å². The first-order valence-corrected chi connectivity index (χ1v) is 4.45. The van der Waals surface area contributed by atoms with Crippen LogP contribution in [-0.2, 0) is 0 Å². The number of aliphatic hydroxyl groups is 1. The summed E-state index contributed by atoms with van der Waals surface area (Å²) in [7, 11) is 0. The predicted molar refractivity (Wildman–Crippen MR) is 49.1 cm³/mol. The molecule has 5 heteroatoms. The average molecular weight is 228 g/mol. The van der Waals surface area contributed by atoms with E-state index in [4.69, 9.17) is 4.42 Å². The van der Waals surface area contributed by atoms with Crippen LogP contribution in [0, 0.1) is 17.5 Å². The lowest BCUT2D eigenvalue weighted by molar-refractivity contribution is 0.184. The van der Waals surface area contributed by atoms with Crippen LogP contribution in [-0.4, -0.2) is 5.11 Å². The lowest BCUT2D eigenvalue weighted by Gasteiger charge is -2.09. The van der Waals surface area contributed by atoms with Crippen LogP contribution in [0.15, 0.2) is 34.9 Å². The van der Waals surface area contributed by atoms with Crippen LogP contribution in [0.25, 0.3) is 0 Å². The zero-order chi connectivity index (χ0) is 11.7. The van der Waals surface area contributed by atoms with Crippen LogP contribution in [0.3, 0.4) is 0 Å². The summed E-state index contributed by atoms with van der Waals surface area (Å²) in [5.74, 6) is -3.48. The predicted octanol–water partition coefficient (Wildman–Crippen LogP) is 2.78. The van der Waals surface area contributed by atoms with Gasteiger partial charge in [-0.15, -0.1) is 0 Å². The van der Waals surface area contributed by atoms with Gasteiger partial charge in [0, 0.05) is 11.6 Å². The zero-order valence-electron chi connectivity index (χ0n) is 7.95. The minimum atomic E-state index is -1.45. The SMILES string of the molecule is OC(c1ccco1)c1cc(F)c(F)cc1F. The Bertz CT molecular complexity index is 494. The van der Waals surface area contributed by atoms with Gasteiger partial charge in [-0.05, 0) is 18.2 Å². The van der Waals surface area contributed by atoms with E-state index in [0.29, 0.717) is 12.1 Å². The molecule has 1 N–H and O–H groups in total. The third kappa shape index (κ3) is 1.81. The van der Waals surface area contributed by atoms with Gasteiger partial charge in [0.2, 0.25) is 0 Å². The lowest BCUT2D eigenvalue weighted by atomic mass is 10.1.